The van der Waals surface area contributed by atoms with Crippen LogP contribution in [0.4, 0.5) is 11.4 Å². The Hall–Kier alpha value is -2.40. The first-order valence-corrected chi connectivity index (χ1v) is 6.67. The van der Waals surface area contributed by atoms with Gasteiger partial charge in [0.15, 0.2) is 0 Å². The normalized spacial score (nSPS) is 10.5. The monoisotopic (exact) mass is 269 g/mol. The molecule has 0 unspecified atom stereocenters. The number of amides is 1. The number of pyridine rings is 1. The van der Waals surface area contributed by atoms with Gasteiger partial charge >= 0.3 is 0 Å². The van der Waals surface area contributed by atoms with Crippen LogP contribution in [0.25, 0.3) is 10.9 Å². The van der Waals surface area contributed by atoms with Crippen LogP contribution in [-0.2, 0) is 0 Å². The number of carbonyl (C=O) groups is 1. The molecular weight excluding hydrogens is 258 g/mol. The molecule has 1 aromatic carbocycles. The topological polar surface area (TPSA) is 68.0 Å². The summed E-state index contributed by atoms with van der Waals surface area (Å²) in [4.78, 5) is 16.4. The number of hydrogen-bond donors (Lipinski definition) is 2. The standard InChI is InChI=1S/C14H11N3OS/c15-11-7-13(14(18)16-9-5-6-19-8-9)17-12-4-2-1-3-10(11)12/h1-8H,(H2,15,17)(H,16,18). The van der Waals surface area contributed by atoms with Crippen molar-refractivity contribution in [2.24, 2.45) is 0 Å². The van der Waals surface area contributed by atoms with E-state index in [9.17, 15) is 4.79 Å². The first kappa shape index (κ1) is 11.7. The van der Waals surface area contributed by atoms with Crippen LogP contribution in [0.3, 0.4) is 0 Å². The number of hydrogen-bond acceptors (Lipinski definition) is 4. The summed E-state index contributed by atoms with van der Waals surface area (Å²) in [6.45, 7) is 0. The van der Waals surface area contributed by atoms with E-state index in [2.05, 4.69) is 10.3 Å². The molecular formula is C14H11N3OS. The van der Waals surface area contributed by atoms with Crippen LogP contribution in [0.2, 0.25) is 0 Å². The summed E-state index contributed by atoms with van der Waals surface area (Å²) in [5.41, 5.74) is 8.32. The van der Waals surface area contributed by atoms with Gasteiger partial charge in [-0.25, -0.2) is 4.98 Å². The van der Waals surface area contributed by atoms with Gasteiger partial charge in [-0.2, -0.15) is 11.3 Å². The van der Waals surface area contributed by atoms with E-state index in [4.69, 9.17) is 5.73 Å². The first-order chi connectivity index (χ1) is 9.24. The zero-order chi connectivity index (χ0) is 13.2. The van der Waals surface area contributed by atoms with Crippen LogP contribution in [0.15, 0.2) is 47.2 Å². The first-order valence-electron chi connectivity index (χ1n) is 5.73. The number of thiophene rings is 1. The predicted octanol–water partition coefficient (Wildman–Crippen LogP) is 3.13. The van der Waals surface area contributed by atoms with Gasteiger partial charge in [-0.1, -0.05) is 18.2 Å². The molecule has 0 aliphatic carbocycles. The number of anilines is 2. The van der Waals surface area contributed by atoms with Crippen molar-refractivity contribution in [3.63, 3.8) is 0 Å². The minimum Gasteiger partial charge on any atom is -0.398 e. The smallest absolute Gasteiger partial charge is 0.274 e. The van der Waals surface area contributed by atoms with Gasteiger partial charge in [0, 0.05) is 16.5 Å². The second kappa shape index (κ2) is 4.70. The highest BCUT2D eigenvalue weighted by Crippen LogP contribution is 2.21. The van der Waals surface area contributed by atoms with E-state index in [0.29, 0.717) is 11.4 Å². The molecule has 19 heavy (non-hydrogen) atoms. The molecule has 3 N–H and O–H groups in total. The van der Waals surface area contributed by atoms with E-state index in [1.54, 1.807) is 6.07 Å². The van der Waals surface area contributed by atoms with E-state index in [0.717, 1.165) is 16.6 Å². The summed E-state index contributed by atoms with van der Waals surface area (Å²) in [5, 5.41) is 7.40. The lowest BCUT2D eigenvalue weighted by molar-refractivity contribution is 0.102. The Labute approximate surface area is 113 Å². The number of rotatable bonds is 2. The highest BCUT2D eigenvalue weighted by molar-refractivity contribution is 7.08. The van der Waals surface area contributed by atoms with Gasteiger partial charge in [0.1, 0.15) is 5.69 Å². The molecule has 0 radical (unpaired) electrons. The van der Waals surface area contributed by atoms with Gasteiger partial charge in [-0.05, 0) is 23.6 Å². The summed E-state index contributed by atoms with van der Waals surface area (Å²) in [5.74, 6) is -0.254. The van der Waals surface area contributed by atoms with Crippen LogP contribution in [0.5, 0.6) is 0 Å². The molecule has 0 saturated carbocycles. The molecule has 3 aromatic rings. The Morgan fingerprint density at radius 3 is 2.89 bits per heavy atom. The average Bonchev–Trinajstić information content (AvgIpc) is 2.91. The number of nitrogens with one attached hydrogen (secondary N) is 1. The van der Waals surface area contributed by atoms with Gasteiger partial charge < -0.3 is 11.1 Å². The Morgan fingerprint density at radius 1 is 1.26 bits per heavy atom. The van der Waals surface area contributed by atoms with Crippen molar-refractivity contribution in [2.75, 3.05) is 11.1 Å². The molecule has 94 valence electrons. The number of aromatic nitrogens is 1. The maximum Gasteiger partial charge on any atom is 0.274 e. The van der Waals surface area contributed by atoms with E-state index in [-0.39, 0.29) is 5.91 Å². The molecule has 0 fully saturated rings. The molecule has 4 nitrogen and oxygen atoms in total. The molecule has 2 heterocycles. The van der Waals surface area contributed by atoms with Crippen LogP contribution < -0.4 is 11.1 Å². The van der Waals surface area contributed by atoms with Crippen molar-refractivity contribution in [3.05, 3.63) is 52.9 Å². The highest BCUT2D eigenvalue weighted by Gasteiger charge is 2.11. The summed E-state index contributed by atoms with van der Waals surface area (Å²) >= 11 is 1.52. The van der Waals surface area contributed by atoms with Crippen molar-refractivity contribution in [3.8, 4) is 0 Å². The van der Waals surface area contributed by atoms with Gasteiger partial charge in [0.25, 0.3) is 5.91 Å². The maximum absolute atomic E-state index is 12.1. The average molecular weight is 269 g/mol. The molecule has 1 amide bonds. The fourth-order valence-corrected chi connectivity index (χ4v) is 2.44. The fraction of sp³-hybridized carbons (Fsp3) is 0. The fourth-order valence-electron chi connectivity index (χ4n) is 1.85. The Morgan fingerprint density at radius 2 is 2.11 bits per heavy atom. The highest BCUT2D eigenvalue weighted by atomic mass is 32.1. The number of nitrogens with zero attached hydrogens (tertiary/aromatic N) is 1. The van der Waals surface area contributed by atoms with Crippen LogP contribution in [-0.4, -0.2) is 10.9 Å². The molecule has 0 atom stereocenters. The van der Waals surface area contributed by atoms with Gasteiger partial charge in [-0.15, -0.1) is 0 Å². The molecule has 3 rings (SSSR count). The Balaban J connectivity index is 1.98. The molecule has 5 heteroatoms. The van der Waals surface area contributed by atoms with Gasteiger partial charge in [0.2, 0.25) is 0 Å². The molecule has 0 spiro atoms. The van der Waals surface area contributed by atoms with Crippen molar-refractivity contribution in [1.29, 1.82) is 0 Å². The lowest BCUT2D eigenvalue weighted by atomic mass is 10.1. The quantitative estimate of drug-likeness (QED) is 0.751. The van der Waals surface area contributed by atoms with Gasteiger partial charge in [-0.3, -0.25) is 4.79 Å². The van der Waals surface area contributed by atoms with Crippen LogP contribution in [0.1, 0.15) is 10.5 Å². The van der Waals surface area contributed by atoms with Crippen LogP contribution in [0, 0.1) is 0 Å². The number of para-hydroxylation sites is 1. The van der Waals surface area contributed by atoms with Crippen molar-refractivity contribution in [2.45, 2.75) is 0 Å². The summed E-state index contributed by atoms with van der Waals surface area (Å²) < 4.78 is 0. The summed E-state index contributed by atoms with van der Waals surface area (Å²) in [6, 6.07) is 10.9. The zero-order valence-corrected chi connectivity index (χ0v) is 10.8. The number of carbonyl (C=O) groups excluding carboxylic acids is 1. The Kier molecular flexibility index (Phi) is 2.89. The van der Waals surface area contributed by atoms with Crippen LogP contribution >= 0.6 is 11.3 Å². The third-order valence-corrected chi connectivity index (χ3v) is 3.44. The van der Waals surface area contributed by atoms with Crippen molar-refractivity contribution < 1.29 is 4.79 Å². The number of fused-ring (bicyclic) bond motifs is 1. The zero-order valence-electron chi connectivity index (χ0n) is 9.96. The number of nitrogen functional groups attached to an aromatic ring is 1. The second-order valence-corrected chi connectivity index (χ2v) is 4.86. The molecule has 0 bridgehead atoms. The SMILES string of the molecule is Nc1cc(C(=O)Nc2ccsc2)nc2ccccc12. The van der Waals surface area contributed by atoms with Crippen molar-refractivity contribution >= 4 is 39.5 Å². The van der Waals surface area contributed by atoms with Gasteiger partial charge in [0.05, 0.1) is 11.2 Å². The van der Waals surface area contributed by atoms with E-state index >= 15 is 0 Å². The minimum absolute atomic E-state index is 0.254. The van der Waals surface area contributed by atoms with E-state index in [1.807, 2.05) is 41.1 Å². The van der Waals surface area contributed by atoms with E-state index < -0.39 is 0 Å². The minimum atomic E-state index is -0.254. The lowest BCUT2D eigenvalue weighted by Gasteiger charge is -2.06. The van der Waals surface area contributed by atoms with Crippen molar-refractivity contribution in [1.82, 2.24) is 4.98 Å². The number of nitrogens with two attached hydrogens (primary N) is 1. The largest absolute Gasteiger partial charge is 0.398 e. The number of benzene rings is 1. The predicted molar refractivity (Wildman–Crippen MR) is 78.4 cm³/mol. The molecule has 0 aliphatic heterocycles. The maximum atomic E-state index is 12.1. The summed E-state index contributed by atoms with van der Waals surface area (Å²) in [7, 11) is 0. The third kappa shape index (κ3) is 2.28. The lowest BCUT2D eigenvalue weighted by Crippen LogP contribution is -2.13. The summed E-state index contributed by atoms with van der Waals surface area (Å²) in [6.07, 6.45) is 0. The molecule has 0 aliphatic rings. The third-order valence-electron chi connectivity index (χ3n) is 2.76. The Bertz CT molecular complexity index is 738. The van der Waals surface area contributed by atoms with E-state index in [1.165, 1.54) is 11.3 Å². The molecule has 2 aromatic heterocycles. The molecule has 0 saturated heterocycles. The second-order valence-electron chi connectivity index (χ2n) is 4.08.